The average molecular weight is 229 g/mol. The Labute approximate surface area is 97.9 Å². The first-order valence-electron chi connectivity index (χ1n) is 4.95. The van der Waals surface area contributed by atoms with E-state index >= 15 is 0 Å². The summed E-state index contributed by atoms with van der Waals surface area (Å²) in [5.41, 5.74) is 7.31. The number of aromatic nitrogens is 3. The van der Waals surface area contributed by atoms with E-state index in [1.54, 1.807) is 6.07 Å². The van der Waals surface area contributed by atoms with Crippen LogP contribution in [-0.2, 0) is 0 Å². The highest BCUT2D eigenvalue weighted by atomic mass is 16.1. The highest BCUT2D eigenvalue weighted by Crippen LogP contribution is 2.14. The average Bonchev–Trinajstić information content (AvgIpc) is 2.34. The molecular formula is C11H11N5O. The Morgan fingerprint density at radius 1 is 1.29 bits per heavy atom. The largest absolute Gasteiger partial charge is 0.397 e. The summed E-state index contributed by atoms with van der Waals surface area (Å²) in [6.07, 6.45) is 5.73. The summed E-state index contributed by atoms with van der Waals surface area (Å²) in [6, 6.07) is 1.74. The Hall–Kier alpha value is -2.50. The summed E-state index contributed by atoms with van der Waals surface area (Å²) in [5.74, 6) is 0.180. The number of anilines is 2. The fraction of sp³-hybridized carbons (Fsp3) is 0.0909. The molecule has 0 aliphatic carbocycles. The lowest BCUT2D eigenvalue weighted by Crippen LogP contribution is -2.14. The van der Waals surface area contributed by atoms with Crippen LogP contribution in [0.15, 0.2) is 31.0 Å². The van der Waals surface area contributed by atoms with Crippen molar-refractivity contribution in [2.24, 2.45) is 0 Å². The van der Waals surface area contributed by atoms with E-state index in [-0.39, 0.29) is 5.91 Å². The number of amides is 1. The van der Waals surface area contributed by atoms with Crippen molar-refractivity contribution in [3.05, 3.63) is 42.1 Å². The lowest BCUT2D eigenvalue weighted by Gasteiger charge is -2.07. The third-order valence-electron chi connectivity index (χ3n) is 2.15. The van der Waals surface area contributed by atoms with Gasteiger partial charge in [-0.25, -0.2) is 15.0 Å². The van der Waals surface area contributed by atoms with E-state index in [1.165, 1.54) is 24.9 Å². The maximum Gasteiger partial charge on any atom is 0.259 e. The van der Waals surface area contributed by atoms with Crippen molar-refractivity contribution in [3.63, 3.8) is 0 Å². The highest BCUT2D eigenvalue weighted by molar-refractivity contribution is 6.03. The number of hydrogen-bond acceptors (Lipinski definition) is 5. The molecule has 17 heavy (non-hydrogen) atoms. The SMILES string of the molecule is Cc1cc(N)cnc1NC(=O)c1cncnc1. The van der Waals surface area contributed by atoms with Crippen LogP contribution < -0.4 is 11.1 Å². The molecule has 0 saturated heterocycles. The van der Waals surface area contributed by atoms with Crippen LogP contribution in [0.5, 0.6) is 0 Å². The van der Waals surface area contributed by atoms with Crippen molar-refractivity contribution < 1.29 is 4.79 Å². The molecule has 0 saturated carbocycles. The molecule has 0 fully saturated rings. The molecule has 86 valence electrons. The second-order valence-electron chi connectivity index (χ2n) is 3.52. The Bertz CT molecular complexity index is 541. The molecule has 0 spiro atoms. The minimum absolute atomic E-state index is 0.300. The summed E-state index contributed by atoms with van der Waals surface area (Å²) in [5, 5.41) is 2.67. The molecule has 6 nitrogen and oxygen atoms in total. The zero-order valence-corrected chi connectivity index (χ0v) is 9.21. The second-order valence-corrected chi connectivity index (χ2v) is 3.52. The van der Waals surface area contributed by atoms with Crippen molar-refractivity contribution in [2.45, 2.75) is 6.92 Å². The molecule has 0 aromatic carbocycles. The van der Waals surface area contributed by atoms with Gasteiger partial charge in [-0.3, -0.25) is 4.79 Å². The van der Waals surface area contributed by atoms with Crippen LogP contribution in [0.2, 0.25) is 0 Å². The number of rotatable bonds is 2. The van der Waals surface area contributed by atoms with Crippen molar-refractivity contribution in [1.82, 2.24) is 15.0 Å². The second kappa shape index (κ2) is 4.56. The van der Waals surface area contributed by atoms with Crippen molar-refractivity contribution in [2.75, 3.05) is 11.1 Å². The molecule has 0 aliphatic heterocycles. The van der Waals surface area contributed by atoms with Crippen LogP contribution in [0.1, 0.15) is 15.9 Å². The van der Waals surface area contributed by atoms with Crippen LogP contribution >= 0.6 is 0 Å². The number of carbonyl (C=O) groups excluding carboxylic acids is 1. The number of hydrogen-bond donors (Lipinski definition) is 2. The number of carbonyl (C=O) groups is 1. The smallest absolute Gasteiger partial charge is 0.259 e. The fourth-order valence-electron chi connectivity index (χ4n) is 1.32. The summed E-state index contributed by atoms with van der Waals surface area (Å²) < 4.78 is 0. The van der Waals surface area contributed by atoms with Crippen molar-refractivity contribution in [3.8, 4) is 0 Å². The number of pyridine rings is 1. The molecule has 0 radical (unpaired) electrons. The van der Waals surface area contributed by atoms with Crippen LogP contribution in [0.25, 0.3) is 0 Å². The van der Waals surface area contributed by atoms with Crippen LogP contribution in [0, 0.1) is 6.92 Å². The van der Waals surface area contributed by atoms with Crippen molar-refractivity contribution in [1.29, 1.82) is 0 Å². The molecule has 0 atom stereocenters. The molecule has 6 heteroatoms. The van der Waals surface area contributed by atoms with Gasteiger partial charge in [-0.1, -0.05) is 0 Å². The standard InChI is InChI=1S/C11H11N5O/c1-7-2-9(12)5-15-10(7)16-11(17)8-3-13-6-14-4-8/h2-6H,12H2,1H3,(H,15,16,17). The zero-order chi connectivity index (χ0) is 12.3. The molecule has 0 bridgehead atoms. The van der Waals surface area contributed by atoms with Gasteiger partial charge < -0.3 is 11.1 Å². The molecule has 1 amide bonds. The molecular weight excluding hydrogens is 218 g/mol. The minimum atomic E-state index is -0.300. The molecule has 3 N–H and O–H groups in total. The number of aryl methyl sites for hydroxylation is 1. The molecule has 2 aromatic heterocycles. The first-order valence-corrected chi connectivity index (χ1v) is 4.95. The lowest BCUT2D eigenvalue weighted by atomic mass is 10.2. The summed E-state index contributed by atoms with van der Waals surface area (Å²) in [4.78, 5) is 23.4. The van der Waals surface area contributed by atoms with E-state index in [0.717, 1.165) is 5.56 Å². The van der Waals surface area contributed by atoms with Gasteiger partial charge in [-0.15, -0.1) is 0 Å². The molecule has 2 heterocycles. The third-order valence-corrected chi connectivity index (χ3v) is 2.15. The number of nitrogens with one attached hydrogen (secondary N) is 1. The topological polar surface area (TPSA) is 93.8 Å². The molecule has 2 aromatic rings. The number of nitrogen functional groups attached to an aromatic ring is 1. The van der Waals surface area contributed by atoms with Gasteiger partial charge in [-0.2, -0.15) is 0 Å². The lowest BCUT2D eigenvalue weighted by molar-refractivity contribution is 0.102. The highest BCUT2D eigenvalue weighted by Gasteiger charge is 2.08. The first kappa shape index (κ1) is 11.0. The van der Waals surface area contributed by atoms with E-state index in [1.807, 2.05) is 6.92 Å². The van der Waals surface area contributed by atoms with E-state index < -0.39 is 0 Å². The van der Waals surface area contributed by atoms with Gasteiger partial charge in [0, 0.05) is 12.4 Å². The Morgan fingerprint density at radius 2 is 2.00 bits per heavy atom. The van der Waals surface area contributed by atoms with Gasteiger partial charge in [0.2, 0.25) is 0 Å². The number of nitrogens with zero attached hydrogens (tertiary/aromatic N) is 3. The predicted octanol–water partition coefficient (Wildman–Crippen LogP) is 1.01. The van der Waals surface area contributed by atoms with E-state index in [4.69, 9.17) is 5.73 Å². The van der Waals surface area contributed by atoms with Crippen LogP contribution in [0.4, 0.5) is 11.5 Å². The normalized spacial score (nSPS) is 9.94. The molecule has 0 aliphatic rings. The first-order chi connectivity index (χ1) is 8.16. The van der Waals surface area contributed by atoms with Gasteiger partial charge >= 0.3 is 0 Å². The quantitative estimate of drug-likeness (QED) is 0.801. The minimum Gasteiger partial charge on any atom is -0.397 e. The van der Waals surface area contributed by atoms with Gasteiger partial charge in [-0.05, 0) is 18.6 Å². The summed E-state index contributed by atoms with van der Waals surface area (Å²) in [6.45, 7) is 1.82. The van der Waals surface area contributed by atoms with Gasteiger partial charge in [0.15, 0.2) is 0 Å². The monoisotopic (exact) mass is 229 g/mol. The maximum absolute atomic E-state index is 11.8. The Morgan fingerprint density at radius 3 is 2.65 bits per heavy atom. The Balaban J connectivity index is 2.19. The molecule has 0 unspecified atom stereocenters. The maximum atomic E-state index is 11.8. The summed E-state index contributed by atoms with van der Waals surface area (Å²) in [7, 11) is 0. The number of nitrogens with two attached hydrogens (primary N) is 1. The van der Waals surface area contributed by atoms with E-state index in [0.29, 0.717) is 17.1 Å². The summed E-state index contributed by atoms with van der Waals surface area (Å²) >= 11 is 0. The van der Waals surface area contributed by atoms with Gasteiger partial charge in [0.1, 0.15) is 12.1 Å². The molecule has 2 rings (SSSR count). The Kier molecular flexibility index (Phi) is 2.95. The van der Waals surface area contributed by atoms with Gasteiger partial charge in [0.05, 0.1) is 17.4 Å². The fourth-order valence-corrected chi connectivity index (χ4v) is 1.32. The van der Waals surface area contributed by atoms with E-state index in [9.17, 15) is 4.79 Å². The van der Waals surface area contributed by atoms with Crippen LogP contribution in [-0.4, -0.2) is 20.9 Å². The van der Waals surface area contributed by atoms with Crippen LogP contribution in [0.3, 0.4) is 0 Å². The van der Waals surface area contributed by atoms with Gasteiger partial charge in [0.25, 0.3) is 5.91 Å². The third kappa shape index (κ3) is 2.54. The van der Waals surface area contributed by atoms with E-state index in [2.05, 4.69) is 20.3 Å². The van der Waals surface area contributed by atoms with Crippen molar-refractivity contribution >= 4 is 17.4 Å². The zero-order valence-electron chi connectivity index (χ0n) is 9.21. The predicted molar refractivity (Wildman–Crippen MR) is 63.4 cm³/mol.